The SMILES string of the molecule is O=C1CCc2cc(NC(=O)c3ccc(Cl)cc3Cl)ccc2N1. The van der Waals surface area contributed by atoms with Crippen molar-refractivity contribution >= 4 is 46.4 Å². The fourth-order valence-corrected chi connectivity index (χ4v) is 2.83. The number of amides is 2. The molecule has 4 nitrogen and oxygen atoms in total. The van der Waals surface area contributed by atoms with E-state index in [4.69, 9.17) is 23.2 Å². The summed E-state index contributed by atoms with van der Waals surface area (Å²) in [5, 5.41) is 6.38. The van der Waals surface area contributed by atoms with Gasteiger partial charge < -0.3 is 10.6 Å². The van der Waals surface area contributed by atoms with Crippen molar-refractivity contribution < 1.29 is 9.59 Å². The van der Waals surface area contributed by atoms with Gasteiger partial charge in [-0.2, -0.15) is 0 Å². The number of aryl methyl sites for hydroxylation is 1. The number of fused-ring (bicyclic) bond motifs is 1. The highest BCUT2D eigenvalue weighted by Crippen LogP contribution is 2.27. The van der Waals surface area contributed by atoms with Gasteiger partial charge in [-0.15, -0.1) is 0 Å². The molecular weight excluding hydrogens is 323 g/mol. The Balaban J connectivity index is 1.81. The van der Waals surface area contributed by atoms with Gasteiger partial charge in [-0.25, -0.2) is 0 Å². The van der Waals surface area contributed by atoms with Crippen LogP contribution in [-0.2, 0) is 11.2 Å². The number of nitrogens with one attached hydrogen (secondary N) is 2. The first-order valence-electron chi connectivity index (χ1n) is 6.72. The number of hydrogen-bond acceptors (Lipinski definition) is 2. The van der Waals surface area contributed by atoms with E-state index in [9.17, 15) is 9.59 Å². The Morgan fingerprint density at radius 3 is 2.68 bits per heavy atom. The van der Waals surface area contributed by atoms with Crippen molar-refractivity contribution in [3.8, 4) is 0 Å². The number of carbonyl (C=O) groups excluding carboxylic acids is 2. The molecule has 2 N–H and O–H groups in total. The molecule has 0 radical (unpaired) electrons. The van der Waals surface area contributed by atoms with Gasteiger partial charge in [0.2, 0.25) is 5.91 Å². The Morgan fingerprint density at radius 2 is 1.91 bits per heavy atom. The van der Waals surface area contributed by atoms with E-state index in [1.54, 1.807) is 24.3 Å². The summed E-state index contributed by atoms with van der Waals surface area (Å²) in [6, 6.07) is 10.1. The number of hydrogen-bond donors (Lipinski definition) is 2. The largest absolute Gasteiger partial charge is 0.326 e. The highest BCUT2D eigenvalue weighted by atomic mass is 35.5. The van der Waals surface area contributed by atoms with Crippen molar-refractivity contribution in [1.82, 2.24) is 0 Å². The molecule has 0 bridgehead atoms. The van der Waals surface area contributed by atoms with Crippen LogP contribution < -0.4 is 10.6 Å². The van der Waals surface area contributed by atoms with Crippen LogP contribution in [0.15, 0.2) is 36.4 Å². The molecule has 6 heteroatoms. The predicted octanol–water partition coefficient (Wildman–Crippen LogP) is 4.13. The van der Waals surface area contributed by atoms with Gasteiger partial charge in [-0.1, -0.05) is 23.2 Å². The third-order valence-corrected chi connectivity index (χ3v) is 3.98. The molecule has 0 unspecified atom stereocenters. The van der Waals surface area contributed by atoms with Gasteiger partial charge in [0.05, 0.1) is 10.6 Å². The molecule has 2 amide bonds. The zero-order chi connectivity index (χ0) is 15.7. The summed E-state index contributed by atoms with van der Waals surface area (Å²) in [4.78, 5) is 23.6. The summed E-state index contributed by atoms with van der Waals surface area (Å²) in [7, 11) is 0. The van der Waals surface area contributed by atoms with Crippen molar-refractivity contribution in [1.29, 1.82) is 0 Å². The lowest BCUT2D eigenvalue weighted by molar-refractivity contribution is -0.116. The number of rotatable bonds is 2. The van der Waals surface area contributed by atoms with Gasteiger partial charge in [-0.05, 0) is 48.4 Å². The minimum Gasteiger partial charge on any atom is -0.326 e. The Labute approximate surface area is 137 Å². The van der Waals surface area contributed by atoms with Gasteiger partial charge in [0.1, 0.15) is 0 Å². The van der Waals surface area contributed by atoms with Crippen molar-refractivity contribution in [3.05, 3.63) is 57.6 Å². The molecule has 0 spiro atoms. The van der Waals surface area contributed by atoms with E-state index in [-0.39, 0.29) is 11.8 Å². The van der Waals surface area contributed by atoms with Crippen molar-refractivity contribution in [2.75, 3.05) is 10.6 Å². The molecule has 112 valence electrons. The molecule has 22 heavy (non-hydrogen) atoms. The van der Waals surface area contributed by atoms with Gasteiger partial charge in [-0.3, -0.25) is 9.59 Å². The molecule has 2 aromatic carbocycles. The van der Waals surface area contributed by atoms with Crippen molar-refractivity contribution in [2.45, 2.75) is 12.8 Å². The van der Waals surface area contributed by atoms with E-state index in [0.29, 0.717) is 34.1 Å². The highest BCUT2D eigenvalue weighted by Gasteiger charge is 2.16. The third kappa shape index (κ3) is 3.08. The monoisotopic (exact) mass is 334 g/mol. The standard InChI is InChI=1S/C16H12Cl2N2O2/c17-10-2-4-12(13(18)8-10)16(22)19-11-3-5-14-9(7-11)1-6-15(21)20-14/h2-5,7-8H,1,6H2,(H,19,22)(H,20,21). The average Bonchev–Trinajstić information content (AvgIpc) is 2.47. The summed E-state index contributed by atoms with van der Waals surface area (Å²) >= 11 is 11.9. The molecule has 0 fully saturated rings. The summed E-state index contributed by atoms with van der Waals surface area (Å²) < 4.78 is 0. The van der Waals surface area contributed by atoms with Gasteiger partial charge in [0.15, 0.2) is 0 Å². The minimum absolute atomic E-state index is 0.0113. The van der Waals surface area contributed by atoms with Crippen LogP contribution in [0.25, 0.3) is 0 Å². The van der Waals surface area contributed by atoms with Crippen molar-refractivity contribution in [3.63, 3.8) is 0 Å². The quantitative estimate of drug-likeness (QED) is 0.867. The van der Waals surface area contributed by atoms with Crippen LogP contribution in [0, 0.1) is 0 Å². The van der Waals surface area contributed by atoms with Gasteiger partial charge in [0.25, 0.3) is 5.91 Å². The fourth-order valence-electron chi connectivity index (χ4n) is 2.33. The van der Waals surface area contributed by atoms with E-state index in [2.05, 4.69) is 10.6 Å². The first kappa shape index (κ1) is 14.9. The van der Waals surface area contributed by atoms with Crippen LogP contribution in [0.5, 0.6) is 0 Å². The van der Waals surface area contributed by atoms with Crippen LogP contribution >= 0.6 is 23.2 Å². The van der Waals surface area contributed by atoms with Crippen LogP contribution in [-0.4, -0.2) is 11.8 Å². The fraction of sp³-hybridized carbons (Fsp3) is 0.125. The summed E-state index contributed by atoms with van der Waals surface area (Å²) in [5.74, 6) is -0.293. The maximum absolute atomic E-state index is 12.3. The molecule has 1 heterocycles. The molecule has 1 aliphatic rings. The first-order valence-corrected chi connectivity index (χ1v) is 7.48. The second kappa shape index (κ2) is 5.99. The molecule has 0 saturated carbocycles. The topological polar surface area (TPSA) is 58.2 Å². The summed E-state index contributed by atoms with van der Waals surface area (Å²) in [6.07, 6.45) is 1.11. The normalized spacial score (nSPS) is 13.3. The Kier molecular flexibility index (Phi) is 4.05. The first-order chi connectivity index (χ1) is 10.5. The Bertz CT molecular complexity index is 775. The zero-order valence-corrected chi connectivity index (χ0v) is 13.0. The van der Waals surface area contributed by atoms with E-state index >= 15 is 0 Å². The Morgan fingerprint density at radius 1 is 1.09 bits per heavy atom. The molecule has 3 rings (SSSR count). The van der Waals surface area contributed by atoms with E-state index in [0.717, 1.165) is 11.3 Å². The molecule has 0 atom stereocenters. The summed E-state index contributed by atoms with van der Waals surface area (Å²) in [5.41, 5.74) is 2.81. The second-order valence-corrected chi connectivity index (χ2v) is 5.84. The second-order valence-electron chi connectivity index (χ2n) is 5.00. The molecule has 0 aromatic heterocycles. The number of halogens is 2. The zero-order valence-electron chi connectivity index (χ0n) is 11.5. The number of benzene rings is 2. The smallest absolute Gasteiger partial charge is 0.257 e. The van der Waals surface area contributed by atoms with E-state index in [1.165, 1.54) is 6.07 Å². The van der Waals surface area contributed by atoms with E-state index in [1.807, 2.05) is 6.07 Å². The van der Waals surface area contributed by atoms with E-state index < -0.39 is 0 Å². The molecule has 1 aliphatic heterocycles. The predicted molar refractivity (Wildman–Crippen MR) is 87.8 cm³/mol. The molecule has 2 aromatic rings. The maximum Gasteiger partial charge on any atom is 0.257 e. The highest BCUT2D eigenvalue weighted by molar-refractivity contribution is 6.37. The van der Waals surface area contributed by atoms with Crippen LogP contribution in [0.3, 0.4) is 0 Å². The minimum atomic E-state index is -0.304. The molecular formula is C16H12Cl2N2O2. The van der Waals surface area contributed by atoms with Crippen LogP contribution in [0.2, 0.25) is 10.0 Å². The lowest BCUT2D eigenvalue weighted by Gasteiger charge is -2.17. The van der Waals surface area contributed by atoms with Gasteiger partial charge >= 0.3 is 0 Å². The average molecular weight is 335 g/mol. The number of carbonyl (C=O) groups is 2. The maximum atomic E-state index is 12.3. The lowest BCUT2D eigenvalue weighted by Crippen LogP contribution is -2.19. The van der Waals surface area contributed by atoms with Crippen LogP contribution in [0.4, 0.5) is 11.4 Å². The van der Waals surface area contributed by atoms with Gasteiger partial charge in [0, 0.05) is 22.8 Å². The van der Waals surface area contributed by atoms with Crippen LogP contribution in [0.1, 0.15) is 22.3 Å². The molecule has 0 aliphatic carbocycles. The number of anilines is 2. The molecule has 0 saturated heterocycles. The lowest BCUT2D eigenvalue weighted by atomic mass is 10.0. The third-order valence-electron chi connectivity index (χ3n) is 3.43. The Hall–Kier alpha value is -2.04. The van der Waals surface area contributed by atoms with Crippen molar-refractivity contribution in [2.24, 2.45) is 0 Å². The summed E-state index contributed by atoms with van der Waals surface area (Å²) in [6.45, 7) is 0.